The number of phenols is 1. The normalized spacial score (nSPS) is 21.9. The molecule has 1 aliphatic carbocycles. The first-order chi connectivity index (χ1) is 16.7. The van der Waals surface area contributed by atoms with E-state index in [9.17, 15) is 24.3 Å². The van der Waals surface area contributed by atoms with Gasteiger partial charge in [0.05, 0.1) is 19.8 Å². The Bertz CT molecular complexity index is 941. The van der Waals surface area contributed by atoms with E-state index in [0.717, 1.165) is 25.7 Å². The van der Waals surface area contributed by atoms with Crippen molar-refractivity contribution in [3.05, 3.63) is 23.8 Å². The first-order valence-electron chi connectivity index (χ1n) is 12.0. The number of aromatic hydroxyl groups is 1. The smallest absolute Gasteiger partial charge is 0.243 e. The lowest BCUT2D eigenvalue weighted by atomic mass is 9.90. The summed E-state index contributed by atoms with van der Waals surface area (Å²) < 4.78 is 10.4. The van der Waals surface area contributed by atoms with Crippen molar-refractivity contribution < 1.29 is 33.8 Å². The van der Waals surface area contributed by atoms with E-state index in [1.165, 1.54) is 20.1 Å². The highest BCUT2D eigenvalue weighted by atomic mass is 16.6. The van der Waals surface area contributed by atoms with Gasteiger partial charge in [-0.1, -0.05) is 31.7 Å². The van der Waals surface area contributed by atoms with Crippen LogP contribution in [0.1, 0.15) is 51.5 Å². The number of hydrogen-bond donors (Lipinski definition) is 4. The number of ether oxygens (including phenoxy) is 2. The van der Waals surface area contributed by atoms with E-state index >= 15 is 0 Å². The molecule has 0 aromatic heterocycles. The van der Waals surface area contributed by atoms with E-state index in [0.29, 0.717) is 30.9 Å². The van der Waals surface area contributed by atoms with Gasteiger partial charge in [-0.2, -0.15) is 0 Å². The zero-order chi connectivity index (χ0) is 25.6. The van der Waals surface area contributed by atoms with Gasteiger partial charge in [-0.3, -0.25) is 19.2 Å². The summed E-state index contributed by atoms with van der Waals surface area (Å²) >= 11 is 0. The number of methoxy groups -OCH3 is 1. The van der Waals surface area contributed by atoms with Crippen molar-refractivity contribution in [3.8, 4) is 11.5 Å². The van der Waals surface area contributed by atoms with Gasteiger partial charge in [0, 0.05) is 6.42 Å². The molecule has 3 rings (SSSR count). The van der Waals surface area contributed by atoms with Gasteiger partial charge in [-0.15, -0.1) is 0 Å². The molecule has 0 spiro atoms. The zero-order valence-corrected chi connectivity index (χ0v) is 20.5. The molecule has 10 heteroatoms. The third-order valence-electron chi connectivity index (χ3n) is 6.80. The molecular weight excluding hydrogens is 454 g/mol. The first kappa shape index (κ1) is 26.5. The van der Waals surface area contributed by atoms with Gasteiger partial charge in [-0.05, 0) is 43.9 Å². The SMILES string of the molecule is COc1ccc(CC(NC(=O)C(C)NC=O)C(=O)NC(CC2CCCC2)C(=O)C2(C)CO2)cc1O. The molecule has 2 fully saturated rings. The Morgan fingerprint density at radius 1 is 1.20 bits per heavy atom. The lowest BCUT2D eigenvalue weighted by molar-refractivity contribution is -0.133. The number of ketones is 1. The van der Waals surface area contributed by atoms with Gasteiger partial charge in [-0.25, -0.2) is 0 Å². The molecule has 192 valence electrons. The molecule has 4 unspecified atom stereocenters. The highest BCUT2D eigenvalue weighted by Crippen LogP contribution is 2.33. The molecule has 1 saturated heterocycles. The van der Waals surface area contributed by atoms with E-state index in [1.54, 1.807) is 19.1 Å². The van der Waals surface area contributed by atoms with Crippen molar-refractivity contribution in [2.75, 3.05) is 13.7 Å². The number of rotatable bonds is 13. The molecule has 3 amide bonds. The molecule has 1 aromatic rings. The maximum Gasteiger partial charge on any atom is 0.243 e. The molecule has 1 saturated carbocycles. The van der Waals surface area contributed by atoms with Crippen LogP contribution in [0.4, 0.5) is 0 Å². The van der Waals surface area contributed by atoms with E-state index in [1.807, 2.05) is 0 Å². The predicted molar refractivity (Wildman–Crippen MR) is 127 cm³/mol. The fourth-order valence-electron chi connectivity index (χ4n) is 4.48. The molecule has 2 aliphatic rings. The molecule has 10 nitrogen and oxygen atoms in total. The quantitative estimate of drug-likeness (QED) is 0.239. The lowest BCUT2D eigenvalue weighted by Gasteiger charge is -2.26. The van der Waals surface area contributed by atoms with Crippen LogP contribution >= 0.6 is 0 Å². The van der Waals surface area contributed by atoms with Crippen LogP contribution in [0.15, 0.2) is 18.2 Å². The van der Waals surface area contributed by atoms with E-state index in [4.69, 9.17) is 9.47 Å². The number of hydrogen-bond acceptors (Lipinski definition) is 7. The number of carbonyl (C=O) groups excluding carboxylic acids is 4. The second-order valence-electron chi connectivity index (χ2n) is 9.61. The summed E-state index contributed by atoms with van der Waals surface area (Å²) in [6.45, 7) is 3.54. The molecule has 0 bridgehead atoms. The molecule has 1 aromatic carbocycles. The van der Waals surface area contributed by atoms with Crippen molar-refractivity contribution in [1.29, 1.82) is 0 Å². The number of epoxide rings is 1. The number of amides is 3. The highest BCUT2D eigenvalue weighted by Gasteiger charge is 2.50. The minimum atomic E-state index is -1.04. The van der Waals surface area contributed by atoms with Gasteiger partial charge >= 0.3 is 0 Å². The lowest BCUT2D eigenvalue weighted by Crippen LogP contribution is -2.56. The van der Waals surface area contributed by atoms with Crippen LogP contribution in [0.5, 0.6) is 11.5 Å². The summed E-state index contributed by atoms with van der Waals surface area (Å²) in [6, 6.07) is 2.07. The largest absolute Gasteiger partial charge is 0.504 e. The van der Waals surface area contributed by atoms with Crippen LogP contribution in [0.25, 0.3) is 0 Å². The average molecular weight is 490 g/mol. The summed E-state index contributed by atoms with van der Waals surface area (Å²) in [4.78, 5) is 49.9. The van der Waals surface area contributed by atoms with Crippen LogP contribution in [-0.4, -0.2) is 66.6 Å². The molecule has 1 aliphatic heterocycles. The minimum Gasteiger partial charge on any atom is -0.504 e. The van der Waals surface area contributed by atoms with Crippen molar-refractivity contribution in [3.63, 3.8) is 0 Å². The third kappa shape index (κ3) is 6.94. The number of Topliss-reactive ketones (excluding diaryl/α,β-unsaturated/α-hetero) is 1. The maximum atomic E-state index is 13.4. The summed E-state index contributed by atoms with van der Waals surface area (Å²) in [5.74, 6) is -0.711. The summed E-state index contributed by atoms with van der Waals surface area (Å²) in [5, 5.41) is 18.0. The Balaban J connectivity index is 1.79. The fraction of sp³-hybridized carbons (Fsp3) is 0.600. The Kier molecular flexibility index (Phi) is 8.71. The van der Waals surface area contributed by atoms with Gasteiger partial charge in [0.2, 0.25) is 18.2 Å². The molecule has 1 heterocycles. The van der Waals surface area contributed by atoms with Gasteiger partial charge in [0.25, 0.3) is 0 Å². The zero-order valence-electron chi connectivity index (χ0n) is 20.5. The minimum absolute atomic E-state index is 0.0566. The number of benzene rings is 1. The monoisotopic (exact) mass is 489 g/mol. The van der Waals surface area contributed by atoms with E-state index in [2.05, 4.69) is 16.0 Å². The number of phenolic OH excluding ortho intramolecular Hbond substituents is 1. The van der Waals surface area contributed by atoms with Crippen LogP contribution in [0, 0.1) is 5.92 Å². The topological polar surface area (TPSA) is 146 Å². The van der Waals surface area contributed by atoms with Crippen LogP contribution in [-0.2, 0) is 30.3 Å². The molecule has 35 heavy (non-hydrogen) atoms. The van der Waals surface area contributed by atoms with Gasteiger partial charge in [0.15, 0.2) is 17.3 Å². The number of carbonyl (C=O) groups is 4. The predicted octanol–water partition coefficient (Wildman–Crippen LogP) is 0.986. The summed E-state index contributed by atoms with van der Waals surface area (Å²) in [5.41, 5.74) is -0.310. The van der Waals surface area contributed by atoms with Crippen molar-refractivity contribution >= 4 is 24.0 Å². The molecule has 4 N–H and O–H groups in total. The first-order valence-corrected chi connectivity index (χ1v) is 12.0. The van der Waals surface area contributed by atoms with Gasteiger partial charge < -0.3 is 30.5 Å². The molecule has 0 radical (unpaired) electrons. The second kappa shape index (κ2) is 11.5. The molecule has 4 atom stereocenters. The fourth-order valence-corrected chi connectivity index (χ4v) is 4.48. The second-order valence-corrected chi connectivity index (χ2v) is 9.61. The Morgan fingerprint density at radius 3 is 2.43 bits per heavy atom. The Morgan fingerprint density at radius 2 is 1.86 bits per heavy atom. The average Bonchev–Trinajstić information content (AvgIpc) is 3.36. The van der Waals surface area contributed by atoms with Crippen molar-refractivity contribution in [2.24, 2.45) is 5.92 Å². The van der Waals surface area contributed by atoms with Crippen LogP contribution in [0.3, 0.4) is 0 Å². The maximum absolute atomic E-state index is 13.4. The third-order valence-corrected chi connectivity index (χ3v) is 6.80. The van der Waals surface area contributed by atoms with Crippen LogP contribution < -0.4 is 20.7 Å². The van der Waals surface area contributed by atoms with E-state index in [-0.39, 0.29) is 23.7 Å². The summed E-state index contributed by atoms with van der Waals surface area (Å²) in [6.07, 6.45) is 5.23. The molecular formula is C25H35N3O7. The van der Waals surface area contributed by atoms with Crippen LogP contribution in [0.2, 0.25) is 0 Å². The van der Waals surface area contributed by atoms with Gasteiger partial charge in [0.1, 0.15) is 17.7 Å². The van der Waals surface area contributed by atoms with Crippen molar-refractivity contribution in [1.82, 2.24) is 16.0 Å². The highest BCUT2D eigenvalue weighted by molar-refractivity contribution is 5.98. The Labute approximate surface area is 205 Å². The standard InChI is InChI=1S/C25H35N3O7/c1-15(26-14-29)23(32)28-19(11-17-8-9-21(34-3)20(30)12-17)24(33)27-18(10-16-6-4-5-7-16)22(31)25(2)13-35-25/h8-9,12,14-16,18-19,30H,4-7,10-11,13H2,1-3H3,(H,26,29)(H,27,33)(H,28,32). The summed E-state index contributed by atoms with van der Waals surface area (Å²) in [7, 11) is 1.43. The Hall–Kier alpha value is -3.14. The van der Waals surface area contributed by atoms with Crippen molar-refractivity contribution in [2.45, 2.75) is 76.1 Å². The van der Waals surface area contributed by atoms with E-state index < -0.39 is 35.5 Å². The number of nitrogens with one attached hydrogen (secondary N) is 3.